The van der Waals surface area contributed by atoms with Crippen molar-refractivity contribution >= 4 is 16.9 Å². The van der Waals surface area contributed by atoms with Gasteiger partial charge in [0.25, 0.3) is 0 Å². The molecule has 1 aromatic carbocycles. The predicted octanol–water partition coefficient (Wildman–Crippen LogP) is 1.80. The van der Waals surface area contributed by atoms with E-state index in [-0.39, 0.29) is 12.2 Å². The van der Waals surface area contributed by atoms with Crippen LogP contribution in [0, 0.1) is 5.92 Å². The van der Waals surface area contributed by atoms with Crippen molar-refractivity contribution in [1.29, 1.82) is 0 Å². The third kappa shape index (κ3) is 1.71. The molecule has 0 saturated heterocycles. The number of carboxylic acids is 1. The number of carbonyl (C=O) groups is 1. The van der Waals surface area contributed by atoms with Crippen LogP contribution >= 0.6 is 0 Å². The SMILES string of the molecule is CC(Cc1onc2c(O)cccc12)C(=O)O. The molecule has 5 heteroatoms. The molecule has 2 rings (SSSR count). The molecule has 16 heavy (non-hydrogen) atoms. The van der Waals surface area contributed by atoms with E-state index < -0.39 is 11.9 Å². The third-order valence-corrected chi connectivity index (χ3v) is 2.48. The summed E-state index contributed by atoms with van der Waals surface area (Å²) in [7, 11) is 0. The van der Waals surface area contributed by atoms with Gasteiger partial charge in [0.05, 0.1) is 5.92 Å². The minimum absolute atomic E-state index is 0.0375. The zero-order valence-corrected chi connectivity index (χ0v) is 8.67. The summed E-state index contributed by atoms with van der Waals surface area (Å²) in [5.41, 5.74) is 0.370. The van der Waals surface area contributed by atoms with E-state index in [0.717, 1.165) is 0 Å². The van der Waals surface area contributed by atoms with Crippen LogP contribution in [-0.2, 0) is 11.2 Å². The van der Waals surface area contributed by atoms with E-state index >= 15 is 0 Å². The average Bonchev–Trinajstić information content (AvgIpc) is 2.63. The molecule has 1 atom stereocenters. The van der Waals surface area contributed by atoms with E-state index in [9.17, 15) is 9.90 Å². The van der Waals surface area contributed by atoms with Crippen molar-refractivity contribution in [2.24, 2.45) is 5.92 Å². The van der Waals surface area contributed by atoms with Crippen LogP contribution < -0.4 is 0 Å². The molecule has 0 aliphatic heterocycles. The van der Waals surface area contributed by atoms with Crippen molar-refractivity contribution in [3.05, 3.63) is 24.0 Å². The Labute approximate surface area is 91.3 Å². The highest BCUT2D eigenvalue weighted by atomic mass is 16.5. The minimum Gasteiger partial charge on any atom is -0.506 e. The van der Waals surface area contributed by atoms with Gasteiger partial charge in [0, 0.05) is 11.8 Å². The third-order valence-electron chi connectivity index (χ3n) is 2.48. The molecule has 1 unspecified atom stereocenters. The molecule has 84 valence electrons. The van der Waals surface area contributed by atoms with E-state index in [2.05, 4.69) is 5.16 Å². The summed E-state index contributed by atoms with van der Waals surface area (Å²) in [6.45, 7) is 1.60. The van der Waals surface area contributed by atoms with Crippen molar-refractivity contribution in [2.75, 3.05) is 0 Å². The van der Waals surface area contributed by atoms with Gasteiger partial charge in [0.1, 0.15) is 11.5 Å². The summed E-state index contributed by atoms with van der Waals surface area (Å²) in [5.74, 6) is -0.903. The lowest BCUT2D eigenvalue weighted by Gasteiger charge is -2.02. The van der Waals surface area contributed by atoms with Crippen LogP contribution in [0.3, 0.4) is 0 Å². The highest BCUT2D eigenvalue weighted by Gasteiger charge is 2.18. The van der Waals surface area contributed by atoms with Crippen LogP contribution in [0.5, 0.6) is 5.75 Å². The number of carboxylic acid groups (broad SMARTS) is 1. The number of aromatic hydroxyl groups is 1. The molecule has 0 aliphatic rings. The number of benzene rings is 1. The summed E-state index contributed by atoms with van der Waals surface area (Å²) in [6.07, 6.45) is 0.259. The number of phenolic OH excluding ortho intramolecular Hbond substituents is 1. The second kappa shape index (κ2) is 3.84. The highest BCUT2D eigenvalue weighted by molar-refractivity contribution is 5.86. The van der Waals surface area contributed by atoms with Gasteiger partial charge in [-0.1, -0.05) is 18.1 Å². The summed E-state index contributed by atoms with van der Waals surface area (Å²) in [5, 5.41) is 22.7. The van der Waals surface area contributed by atoms with Gasteiger partial charge in [-0.2, -0.15) is 0 Å². The monoisotopic (exact) mass is 221 g/mol. The first-order valence-corrected chi connectivity index (χ1v) is 4.88. The van der Waals surface area contributed by atoms with Crippen LogP contribution in [0.1, 0.15) is 12.7 Å². The number of aromatic nitrogens is 1. The first kappa shape index (κ1) is 10.5. The van der Waals surface area contributed by atoms with E-state index in [0.29, 0.717) is 16.7 Å². The van der Waals surface area contributed by atoms with E-state index in [1.807, 2.05) is 0 Å². The van der Waals surface area contributed by atoms with Gasteiger partial charge in [-0.05, 0) is 12.1 Å². The smallest absolute Gasteiger partial charge is 0.306 e. The van der Waals surface area contributed by atoms with Gasteiger partial charge in [-0.25, -0.2) is 0 Å². The zero-order chi connectivity index (χ0) is 11.7. The van der Waals surface area contributed by atoms with Gasteiger partial charge in [-0.15, -0.1) is 0 Å². The van der Waals surface area contributed by atoms with Crippen molar-refractivity contribution in [3.8, 4) is 5.75 Å². The fourth-order valence-electron chi connectivity index (χ4n) is 1.51. The zero-order valence-electron chi connectivity index (χ0n) is 8.67. The van der Waals surface area contributed by atoms with E-state index in [1.165, 1.54) is 6.07 Å². The van der Waals surface area contributed by atoms with Crippen LogP contribution in [0.4, 0.5) is 0 Å². The molecule has 2 N–H and O–H groups in total. The Bertz CT molecular complexity index is 532. The van der Waals surface area contributed by atoms with E-state index in [4.69, 9.17) is 9.63 Å². The van der Waals surface area contributed by atoms with Crippen LogP contribution in [0.2, 0.25) is 0 Å². The number of rotatable bonds is 3. The van der Waals surface area contributed by atoms with Gasteiger partial charge in [0.2, 0.25) is 0 Å². The Morgan fingerprint density at radius 2 is 2.31 bits per heavy atom. The molecule has 0 spiro atoms. The maximum Gasteiger partial charge on any atom is 0.306 e. The normalized spacial score (nSPS) is 12.8. The molecule has 0 saturated carbocycles. The molecule has 5 nitrogen and oxygen atoms in total. The largest absolute Gasteiger partial charge is 0.506 e. The molecule has 1 heterocycles. The lowest BCUT2D eigenvalue weighted by Crippen LogP contribution is -2.11. The van der Waals surface area contributed by atoms with Crippen LogP contribution in [-0.4, -0.2) is 21.3 Å². The molecule has 0 radical (unpaired) electrons. The van der Waals surface area contributed by atoms with E-state index in [1.54, 1.807) is 19.1 Å². The Hall–Kier alpha value is -2.04. The fourth-order valence-corrected chi connectivity index (χ4v) is 1.51. The Morgan fingerprint density at radius 1 is 1.56 bits per heavy atom. The van der Waals surface area contributed by atoms with Crippen molar-refractivity contribution in [1.82, 2.24) is 5.16 Å². The minimum atomic E-state index is -0.885. The van der Waals surface area contributed by atoms with Gasteiger partial charge in [-0.3, -0.25) is 4.79 Å². The Morgan fingerprint density at radius 3 is 3.00 bits per heavy atom. The van der Waals surface area contributed by atoms with Crippen LogP contribution in [0.15, 0.2) is 22.7 Å². The molecule has 0 amide bonds. The van der Waals surface area contributed by atoms with Gasteiger partial charge >= 0.3 is 5.97 Å². The molecule has 1 aromatic heterocycles. The maximum absolute atomic E-state index is 10.7. The van der Waals surface area contributed by atoms with Crippen molar-refractivity contribution in [3.63, 3.8) is 0 Å². The second-order valence-corrected chi connectivity index (χ2v) is 3.72. The number of aliphatic carboxylic acids is 1. The lowest BCUT2D eigenvalue weighted by atomic mass is 10.0. The summed E-state index contributed by atoms with van der Waals surface area (Å²) < 4.78 is 5.04. The van der Waals surface area contributed by atoms with Crippen LogP contribution in [0.25, 0.3) is 10.9 Å². The molecular formula is C11H11NO4. The number of hydrogen-bond donors (Lipinski definition) is 2. The van der Waals surface area contributed by atoms with Crippen molar-refractivity contribution < 1.29 is 19.5 Å². The second-order valence-electron chi connectivity index (χ2n) is 3.72. The van der Waals surface area contributed by atoms with Crippen molar-refractivity contribution in [2.45, 2.75) is 13.3 Å². The summed E-state index contributed by atoms with van der Waals surface area (Å²) in [6, 6.07) is 4.93. The first-order chi connectivity index (χ1) is 7.59. The molecule has 2 aromatic rings. The number of hydrogen-bond acceptors (Lipinski definition) is 4. The number of phenols is 1. The topological polar surface area (TPSA) is 83.6 Å². The Kier molecular flexibility index (Phi) is 2.52. The number of fused-ring (bicyclic) bond motifs is 1. The maximum atomic E-state index is 10.7. The molecule has 0 fully saturated rings. The standard InChI is InChI=1S/C11H11NO4/c1-6(11(14)15)5-9-7-3-2-4-8(13)10(7)12-16-9/h2-4,6,13H,5H2,1H3,(H,14,15). The molecule has 0 bridgehead atoms. The summed E-state index contributed by atoms with van der Waals surface area (Å²) in [4.78, 5) is 10.7. The highest BCUT2D eigenvalue weighted by Crippen LogP contribution is 2.27. The average molecular weight is 221 g/mol. The predicted molar refractivity (Wildman–Crippen MR) is 56.2 cm³/mol. The van der Waals surface area contributed by atoms with Gasteiger partial charge in [0.15, 0.2) is 5.52 Å². The fraction of sp³-hybridized carbons (Fsp3) is 0.273. The van der Waals surface area contributed by atoms with Gasteiger partial charge < -0.3 is 14.7 Å². The quantitative estimate of drug-likeness (QED) is 0.825. The number of nitrogens with zero attached hydrogens (tertiary/aromatic N) is 1. The Balaban J connectivity index is 2.39. The summed E-state index contributed by atoms with van der Waals surface area (Å²) >= 11 is 0. The lowest BCUT2D eigenvalue weighted by molar-refractivity contribution is -0.141. The first-order valence-electron chi connectivity index (χ1n) is 4.88. The molecule has 0 aliphatic carbocycles. The molecular weight excluding hydrogens is 210 g/mol.